The summed E-state index contributed by atoms with van der Waals surface area (Å²) in [6.45, 7) is 2.34. The first-order valence-electron chi connectivity index (χ1n) is 10.9. The summed E-state index contributed by atoms with van der Waals surface area (Å²) < 4.78 is 18.9. The molecule has 1 aliphatic heterocycles. The van der Waals surface area contributed by atoms with E-state index in [1.807, 2.05) is 7.05 Å². The van der Waals surface area contributed by atoms with Gasteiger partial charge >= 0.3 is 0 Å². The Morgan fingerprint density at radius 3 is 2.33 bits per heavy atom. The van der Waals surface area contributed by atoms with Crippen LogP contribution in [0.15, 0.2) is 55.0 Å². The zero-order valence-corrected chi connectivity index (χ0v) is 19.9. The zero-order valence-electron chi connectivity index (χ0n) is 19.9. The normalized spacial score (nSPS) is 13.9. The maximum Gasteiger partial charge on any atom is 0.248 e. The minimum Gasteiger partial charge on any atom is -0.507 e. The van der Waals surface area contributed by atoms with Crippen molar-refractivity contribution >= 4 is 18.0 Å². The maximum atomic E-state index is 14.1. The molecule has 1 fully saturated rings. The third-order valence-electron chi connectivity index (χ3n) is 5.16. The van der Waals surface area contributed by atoms with Gasteiger partial charge in [-0.15, -0.1) is 0 Å². The number of aldehydes is 1. The van der Waals surface area contributed by atoms with Gasteiger partial charge in [0.2, 0.25) is 5.91 Å². The highest BCUT2D eigenvalue weighted by Gasteiger charge is 2.22. The van der Waals surface area contributed by atoms with Crippen LogP contribution in [0.1, 0.15) is 43.2 Å². The lowest BCUT2D eigenvalue weighted by Crippen LogP contribution is -2.26. The van der Waals surface area contributed by atoms with Gasteiger partial charge in [-0.2, -0.15) is 0 Å². The fraction of sp³-hybridized carbons (Fsp3) is 0.240. The third kappa shape index (κ3) is 7.93. The van der Waals surface area contributed by atoms with Crippen molar-refractivity contribution in [3.8, 4) is 11.5 Å². The van der Waals surface area contributed by atoms with E-state index in [9.17, 15) is 23.9 Å². The molecule has 11 heteroatoms. The van der Waals surface area contributed by atoms with Crippen LogP contribution in [0.2, 0.25) is 0 Å². The molecule has 1 unspecified atom stereocenters. The highest BCUT2D eigenvalue weighted by molar-refractivity contribution is 6.11. The molecular weight excluding hydrogens is 469 g/mol. The molecule has 1 amide bonds. The molecule has 2 heterocycles. The monoisotopic (exact) mass is 497 g/mol. The van der Waals surface area contributed by atoms with Crippen molar-refractivity contribution in [1.82, 2.24) is 20.6 Å². The number of ketones is 1. The van der Waals surface area contributed by atoms with Crippen LogP contribution in [0.25, 0.3) is 0 Å². The van der Waals surface area contributed by atoms with Gasteiger partial charge in [-0.1, -0.05) is 12.1 Å². The summed E-state index contributed by atoms with van der Waals surface area (Å²) in [7, 11) is 3.27. The lowest BCUT2D eigenvalue weighted by molar-refractivity contribution is 0.0995. The molecule has 0 radical (unpaired) electrons. The van der Waals surface area contributed by atoms with E-state index in [2.05, 4.69) is 20.6 Å². The second kappa shape index (κ2) is 14.2. The van der Waals surface area contributed by atoms with Crippen LogP contribution in [-0.4, -0.2) is 66.3 Å². The molecular formula is C25H28FN5O5. The van der Waals surface area contributed by atoms with Crippen LogP contribution in [0.3, 0.4) is 0 Å². The number of likely N-dealkylation sites (N-methyl/N-ethyl adjacent to an activating group) is 1. The number of phenolic OH excluding ortho intramolecular Hbond substituents is 1. The first kappa shape index (κ1) is 28.0. The summed E-state index contributed by atoms with van der Waals surface area (Å²) in [6.07, 6.45) is 4.83. The van der Waals surface area contributed by atoms with Gasteiger partial charge in [-0.25, -0.2) is 14.4 Å². The maximum absolute atomic E-state index is 14.1. The average molecular weight is 498 g/mol. The van der Waals surface area contributed by atoms with Crippen molar-refractivity contribution in [2.45, 2.75) is 12.5 Å². The zero-order chi connectivity index (χ0) is 26.5. The second-order valence-electron chi connectivity index (χ2n) is 7.48. The van der Waals surface area contributed by atoms with E-state index in [4.69, 9.17) is 10.5 Å². The molecule has 1 aliphatic rings. The van der Waals surface area contributed by atoms with E-state index in [-0.39, 0.29) is 16.9 Å². The van der Waals surface area contributed by atoms with E-state index in [0.717, 1.165) is 12.6 Å². The molecule has 1 aromatic heterocycles. The van der Waals surface area contributed by atoms with Crippen molar-refractivity contribution in [1.29, 1.82) is 0 Å². The van der Waals surface area contributed by atoms with Crippen molar-refractivity contribution < 1.29 is 28.6 Å². The van der Waals surface area contributed by atoms with E-state index in [1.54, 1.807) is 6.07 Å². The van der Waals surface area contributed by atoms with Crippen molar-refractivity contribution in [3.05, 3.63) is 83.2 Å². The predicted molar refractivity (Wildman–Crippen MR) is 131 cm³/mol. The quantitative estimate of drug-likeness (QED) is 0.294. The number of benzene rings is 2. The van der Waals surface area contributed by atoms with E-state index in [1.165, 1.54) is 69.0 Å². The summed E-state index contributed by atoms with van der Waals surface area (Å²) in [4.78, 5) is 40.4. The van der Waals surface area contributed by atoms with Gasteiger partial charge in [0.15, 0.2) is 23.6 Å². The van der Waals surface area contributed by atoms with E-state index >= 15 is 0 Å². The number of nitrogens with one attached hydrogen (secondary N) is 2. The van der Waals surface area contributed by atoms with Crippen LogP contribution in [0.4, 0.5) is 4.39 Å². The smallest absolute Gasteiger partial charge is 0.248 e. The number of halogens is 1. The Balaban J connectivity index is 0.000000246. The minimum atomic E-state index is -0.943. The molecule has 190 valence electrons. The van der Waals surface area contributed by atoms with Gasteiger partial charge in [0.25, 0.3) is 0 Å². The number of ether oxygens (including phenoxy) is 1. The number of methoxy groups -OCH3 is 1. The predicted octanol–water partition coefficient (Wildman–Crippen LogP) is 1.73. The molecule has 0 aliphatic carbocycles. The number of aromatic hydroxyl groups is 1. The number of carbonyl (C=O) groups is 3. The Morgan fingerprint density at radius 2 is 1.89 bits per heavy atom. The Morgan fingerprint density at radius 1 is 1.19 bits per heavy atom. The van der Waals surface area contributed by atoms with Crippen molar-refractivity contribution in [3.63, 3.8) is 0 Å². The summed E-state index contributed by atoms with van der Waals surface area (Å²) >= 11 is 0. The fourth-order valence-electron chi connectivity index (χ4n) is 3.12. The number of carbonyl (C=O) groups excluding carboxylic acids is 3. The van der Waals surface area contributed by atoms with Gasteiger partial charge in [0.1, 0.15) is 23.3 Å². The topological polar surface area (TPSA) is 157 Å². The highest BCUT2D eigenvalue weighted by atomic mass is 19.1. The molecule has 1 atom stereocenters. The van der Waals surface area contributed by atoms with Gasteiger partial charge in [-0.3, -0.25) is 14.4 Å². The average Bonchev–Trinajstić information content (AvgIpc) is 3.44. The SMILES string of the molecule is CNC1CCNC1.COc1ccc(O)c(C(=O)c2ccc(C(N)=O)cc2)c1F.O=Cc1ccncn1. The summed E-state index contributed by atoms with van der Waals surface area (Å²) in [5, 5.41) is 16.2. The number of aromatic nitrogens is 2. The van der Waals surface area contributed by atoms with Crippen LogP contribution in [0, 0.1) is 5.82 Å². The number of hydrogen-bond acceptors (Lipinski definition) is 9. The van der Waals surface area contributed by atoms with Crippen LogP contribution >= 0.6 is 0 Å². The van der Waals surface area contributed by atoms with Crippen molar-refractivity contribution in [2.75, 3.05) is 27.2 Å². The summed E-state index contributed by atoms with van der Waals surface area (Å²) in [5.41, 5.74) is 5.37. The number of primary amides is 1. The summed E-state index contributed by atoms with van der Waals surface area (Å²) in [6, 6.07) is 10.1. The Labute approximate surface area is 207 Å². The standard InChI is InChI=1S/C15H12FNO4.C5H4N2O.C5H12N2/c1-21-11-7-6-10(18)12(13(11)16)14(19)8-2-4-9(5-3-8)15(17)20;8-3-5-1-2-6-4-7-5;1-6-5-2-3-7-4-5/h2-7,18H,1H3,(H2,17,20);1-4H;5-7H,2-4H2,1H3. The van der Waals surface area contributed by atoms with Gasteiger partial charge in [0.05, 0.1) is 7.11 Å². The molecule has 4 rings (SSSR count). The number of amides is 1. The van der Waals surface area contributed by atoms with Gasteiger partial charge in [-0.05, 0) is 50.3 Å². The lowest BCUT2D eigenvalue weighted by Gasteiger charge is -2.09. The number of hydrogen-bond donors (Lipinski definition) is 4. The van der Waals surface area contributed by atoms with Crippen LogP contribution < -0.4 is 21.1 Å². The van der Waals surface area contributed by atoms with Crippen molar-refractivity contribution in [2.24, 2.45) is 5.73 Å². The molecule has 10 nitrogen and oxygen atoms in total. The molecule has 5 N–H and O–H groups in total. The number of phenols is 1. The Kier molecular flexibility index (Phi) is 11.1. The molecule has 36 heavy (non-hydrogen) atoms. The number of rotatable bonds is 6. The Hall–Kier alpha value is -4.22. The van der Waals surface area contributed by atoms with Gasteiger partial charge < -0.3 is 26.2 Å². The molecule has 0 bridgehead atoms. The number of nitrogens with two attached hydrogens (primary N) is 1. The van der Waals surface area contributed by atoms with Crippen LogP contribution in [-0.2, 0) is 0 Å². The largest absolute Gasteiger partial charge is 0.507 e. The molecule has 0 saturated carbocycles. The molecule has 2 aromatic carbocycles. The number of nitrogens with zero attached hydrogens (tertiary/aromatic N) is 2. The molecule has 3 aromatic rings. The fourth-order valence-corrected chi connectivity index (χ4v) is 3.12. The minimum absolute atomic E-state index is 0.113. The lowest BCUT2D eigenvalue weighted by atomic mass is 10.00. The second-order valence-corrected chi connectivity index (χ2v) is 7.48. The molecule has 0 spiro atoms. The summed E-state index contributed by atoms with van der Waals surface area (Å²) in [5.74, 6) is -2.94. The first-order chi connectivity index (χ1) is 17.3. The van der Waals surface area contributed by atoms with Crippen LogP contribution in [0.5, 0.6) is 11.5 Å². The van der Waals surface area contributed by atoms with Gasteiger partial charge in [0, 0.05) is 29.9 Å². The van der Waals surface area contributed by atoms with E-state index < -0.39 is 28.8 Å². The highest BCUT2D eigenvalue weighted by Crippen LogP contribution is 2.30. The Bertz CT molecular complexity index is 1150. The third-order valence-corrected chi connectivity index (χ3v) is 5.16. The molecule has 1 saturated heterocycles. The van der Waals surface area contributed by atoms with E-state index in [0.29, 0.717) is 12.0 Å². The first-order valence-corrected chi connectivity index (χ1v) is 10.9.